The van der Waals surface area contributed by atoms with Crippen LogP contribution in [-0.4, -0.2) is 38.7 Å². The number of anilines is 1. The highest BCUT2D eigenvalue weighted by Gasteiger charge is 2.33. The van der Waals surface area contributed by atoms with Crippen LogP contribution in [0.25, 0.3) is 20.4 Å². The molecule has 0 radical (unpaired) electrons. The fraction of sp³-hybridized carbons (Fsp3) is 0.600. The summed E-state index contributed by atoms with van der Waals surface area (Å²) in [6.45, 7) is 10.7. The third kappa shape index (κ3) is 2.65. The van der Waals surface area contributed by atoms with Gasteiger partial charge in [-0.2, -0.15) is 0 Å². The Morgan fingerprint density at radius 1 is 1.18 bits per heavy atom. The van der Waals surface area contributed by atoms with Crippen LogP contribution in [0.2, 0.25) is 0 Å². The van der Waals surface area contributed by atoms with Crippen LogP contribution in [0.3, 0.4) is 0 Å². The van der Waals surface area contributed by atoms with Crippen molar-refractivity contribution in [2.24, 2.45) is 0 Å². The highest BCUT2D eigenvalue weighted by atomic mass is 32.1. The van der Waals surface area contributed by atoms with E-state index in [2.05, 4.69) is 29.1 Å². The predicted molar refractivity (Wildman–Crippen MR) is 111 cm³/mol. The van der Waals surface area contributed by atoms with Gasteiger partial charge >= 0.3 is 0 Å². The Bertz CT molecular complexity index is 1140. The van der Waals surface area contributed by atoms with Crippen molar-refractivity contribution in [3.63, 3.8) is 0 Å². The fourth-order valence-corrected chi connectivity index (χ4v) is 5.38. The molecule has 0 atom stereocenters. The summed E-state index contributed by atoms with van der Waals surface area (Å²) in [5, 5.41) is 9.66. The second kappa shape index (κ2) is 6.22. The number of pyridine rings is 1. The Morgan fingerprint density at radius 3 is 2.64 bits per heavy atom. The van der Waals surface area contributed by atoms with Gasteiger partial charge in [0.15, 0.2) is 0 Å². The number of rotatable bonds is 2. The molecule has 0 saturated carbocycles. The number of fused-ring (bicyclic) bond motifs is 5. The molecule has 5 heterocycles. The molecule has 0 spiro atoms. The fourth-order valence-electron chi connectivity index (χ4n) is 4.31. The summed E-state index contributed by atoms with van der Waals surface area (Å²) in [7, 11) is 0. The van der Waals surface area contributed by atoms with Gasteiger partial charge in [0.05, 0.1) is 18.2 Å². The first-order valence-electron chi connectivity index (χ1n) is 9.98. The van der Waals surface area contributed by atoms with E-state index in [1.54, 1.807) is 0 Å². The van der Waals surface area contributed by atoms with Crippen LogP contribution in [0.4, 0.5) is 5.82 Å². The molecule has 2 aliphatic rings. The summed E-state index contributed by atoms with van der Waals surface area (Å²) >= 11 is 1.45. The van der Waals surface area contributed by atoms with E-state index < -0.39 is 0 Å². The first-order chi connectivity index (χ1) is 13.4. The van der Waals surface area contributed by atoms with Gasteiger partial charge in [0, 0.05) is 30.5 Å². The van der Waals surface area contributed by atoms with E-state index in [4.69, 9.17) is 9.72 Å². The molecule has 0 N–H and O–H groups in total. The van der Waals surface area contributed by atoms with E-state index in [-0.39, 0.29) is 17.2 Å². The van der Waals surface area contributed by atoms with Crippen molar-refractivity contribution >= 4 is 37.6 Å². The zero-order valence-electron chi connectivity index (χ0n) is 16.8. The molecule has 3 aromatic heterocycles. The Labute approximate surface area is 167 Å². The van der Waals surface area contributed by atoms with Crippen molar-refractivity contribution in [3.05, 3.63) is 21.5 Å². The number of hydrogen-bond acceptors (Lipinski definition) is 7. The van der Waals surface area contributed by atoms with Crippen molar-refractivity contribution in [3.8, 4) is 0 Å². The van der Waals surface area contributed by atoms with Gasteiger partial charge in [-0.3, -0.25) is 4.79 Å². The minimum Gasteiger partial charge on any atom is -0.370 e. The second-order valence-electron chi connectivity index (χ2n) is 8.70. The minimum atomic E-state index is -0.252. The zero-order chi connectivity index (χ0) is 19.6. The predicted octanol–water partition coefficient (Wildman–Crippen LogP) is 3.43. The van der Waals surface area contributed by atoms with Crippen LogP contribution in [0, 0.1) is 0 Å². The monoisotopic (exact) mass is 399 g/mol. The molecule has 28 heavy (non-hydrogen) atoms. The Balaban J connectivity index is 1.85. The lowest BCUT2D eigenvalue weighted by molar-refractivity contribution is -0.0395. The molecule has 0 amide bonds. The molecule has 0 aromatic carbocycles. The lowest BCUT2D eigenvalue weighted by Gasteiger charge is -2.34. The third-order valence-corrected chi connectivity index (χ3v) is 6.82. The van der Waals surface area contributed by atoms with Gasteiger partial charge in [0.1, 0.15) is 20.9 Å². The van der Waals surface area contributed by atoms with Crippen molar-refractivity contribution in [1.29, 1.82) is 0 Å². The average molecular weight is 400 g/mol. The maximum Gasteiger partial charge on any atom is 0.288 e. The highest BCUT2D eigenvalue weighted by Crippen LogP contribution is 2.42. The Morgan fingerprint density at radius 2 is 1.93 bits per heavy atom. The molecule has 8 heteroatoms. The maximum atomic E-state index is 13.0. The maximum absolute atomic E-state index is 13.0. The minimum absolute atomic E-state index is 0.0241. The van der Waals surface area contributed by atoms with E-state index in [0.29, 0.717) is 16.8 Å². The molecule has 0 bridgehead atoms. The largest absolute Gasteiger partial charge is 0.370 e. The summed E-state index contributed by atoms with van der Waals surface area (Å²) in [4.78, 5) is 21.3. The standard InChI is InChI=1S/C20H25N5O2S/c1-11(2)25-19(26)16-15(22-23-25)14-12-9-20(3,4)27-10-13(12)17(21-18(14)28-16)24-7-5-6-8-24/h11H,5-10H2,1-4H3. The quantitative estimate of drug-likeness (QED) is 0.657. The van der Waals surface area contributed by atoms with E-state index in [9.17, 15) is 4.79 Å². The Kier molecular flexibility index (Phi) is 4.00. The Hall–Kier alpha value is -2.06. The summed E-state index contributed by atoms with van der Waals surface area (Å²) in [5.41, 5.74) is 2.74. The average Bonchev–Trinajstić information content (AvgIpc) is 3.28. The third-order valence-electron chi connectivity index (χ3n) is 5.76. The first kappa shape index (κ1) is 18.0. The summed E-state index contributed by atoms with van der Waals surface area (Å²) in [6.07, 6.45) is 3.17. The van der Waals surface area contributed by atoms with Gasteiger partial charge in [-0.05, 0) is 46.1 Å². The topological polar surface area (TPSA) is 73.1 Å². The van der Waals surface area contributed by atoms with Gasteiger partial charge in [-0.15, -0.1) is 16.4 Å². The van der Waals surface area contributed by atoms with Gasteiger partial charge in [0.2, 0.25) is 0 Å². The molecule has 2 aliphatic heterocycles. The molecular weight excluding hydrogens is 374 g/mol. The van der Waals surface area contributed by atoms with E-state index in [1.807, 2.05) is 13.8 Å². The van der Waals surface area contributed by atoms with Crippen molar-refractivity contribution in [1.82, 2.24) is 20.0 Å². The van der Waals surface area contributed by atoms with Gasteiger partial charge in [-0.25, -0.2) is 9.67 Å². The van der Waals surface area contributed by atoms with Crippen molar-refractivity contribution < 1.29 is 4.74 Å². The smallest absolute Gasteiger partial charge is 0.288 e. The van der Waals surface area contributed by atoms with E-state index in [0.717, 1.165) is 41.1 Å². The molecule has 1 fully saturated rings. The number of nitrogens with zero attached hydrogens (tertiary/aromatic N) is 5. The molecule has 7 nitrogen and oxygen atoms in total. The number of ether oxygens (including phenoxy) is 1. The molecular formula is C20H25N5O2S. The van der Waals surface area contributed by atoms with Gasteiger partial charge < -0.3 is 9.64 Å². The van der Waals surface area contributed by atoms with Crippen LogP contribution in [0.15, 0.2) is 4.79 Å². The molecule has 1 saturated heterocycles. The summed E-state index contributed by atoms with van der Waals surface area (Å²) in [5.74, 6) is 1.03. The van der Waals surface area contributed by atoms with Gasteiger partial charge in [0.25, 0.3) is 5.56 Å². The van der Waals surface area contributed by atoms with Crippen molar-refractivity contribution in [2.45, 2.75) is 65.2 Å². The first-order valence-corrected chi connectivity index (χ1v) is 10.8. The van der Waals surface area contributed by atoms with Crippen LogP contribution in [0.5, 0.6) is 0 Å². The SMILES string of the molecule is CC(C)n1nnc2c(sc3nc(N4CCCC4)c4c(c32)CC(C)(C)OC4)c1=O. The van der Waals surface area contributed by atoms with Crippen LogP contribution in [-0.2, 0) is 17.8 Å². The number of aromatic nitrogens is 4. The summed E-state index contributed by atoms with van der Waals surface area (Å²) < 4.78 is 8.24. The van der Waals surface area contributed by atoms with Crippen LogP contribution in [0.1, 0.15) is 57.7 Å². The molecule has 0 aliphatic carbocycles. The van der Waals surface area contributed by atoms with Crippen LogP contribution >= 0.6 is 11.3 Å². The molecule has 0 unspecified atom stereocenters. The normalized spacial score (nSPS) is 19.1. The zero-order valence-corrected chi connectivity index (χ0v) is 17.6. The lowest BCUT2D eigenvalue weighted by atomic mass is 9.90. The molecule has 5 rings (SSSR count). The lowest BCUT2D eigenvalue weighted by Crippen LogP contribution is -2.34. The van der Waals surface area contributed by atoms with E-state index >= 15 is 0 Å². The van der Waals surface area contributed by atoms with Crippen molar-refractivity contribution in [2.75, 3.05) is 18.0 Å². The number of thiophene rings is 1. The number of hydrogen-bond donors (Lipinski definition) is 0. The van der Waals surface area contributed by atoms with Crippen LogP contribution < -0.4 is 10.5 Å². The van der Waals surface area contributed by atoms with Gasteiger partial charge in [-0.1, -0.05) is 5.21 Å². The second-order valence-corrected chi connectivity index (χ2v) is 9.70. The molecule has 148 valence electrons. The highest BCUT2D eigenvalue weighted by molar-refractivity contribution is 7.25. The summed E-state index contributed by atoms with van der Waals surface area (Å²) in [6, 6.07) is -0.0241. The molecule has 3 aromatic rings. The van der Waals surface area contributed by atoms with E-state index in [1.165, 1.54) is 34.4 Å².